The topological polar surface area (TPSA) is 52.3 Å². The Morgan fingerprint density at radius 3 is 2.24 bits per heavy atom. The van der Waals surface area contributed by atoms with Gasteiger partial charge in [-0.1, -0.05) is 51.2 Å². The zero-order valence-electron chi connectivity index (χ0n) is 13.7. The van der Waals surface area contributed by atoms with Gasteiger partial charge in [-0.3, -0.25) is 4.79 Å². The van der Waals surface area contributed by atoms with Crippen LogP contribution in [0.15, 0.2) is 24.3 Å². The average Bonchev–Trinajstić information content (AvgIpc) is 2.46. The third-order valence-electron chi connectivity index (χ3n) is 3.87. The van der Waals surface area contributed by atoms with Gasteiger partial charge in [0, 0.05) is 5.69 Å². The van der Waals surface area contributed by atoms with Crippen molar-refractivity contribution >= 4 is 11.7 Å². The highest BCUT2D eigenvalue weighted by molar-refractivity contribution is 5.82. The van der Waals surface area contributed by atoms with Crippen molar-refractivity contribution in [1.82, 2.24) is 0 Å². The molecule has 0 amide bonds. The van der Waals surface area contributed by atoms with E-state index in [-0.39, 0.29) is 5.97 Å². The molecule has 0 unspecified atom stereocenters. The summed E-state index contributed by atoms with van der Waals surface area (Å²) in [6.07, 6.45) is 7.14. The van der Waals surface area contributed by atoms with Crippen molar-refractivity contribution < 1.29 is 9.53 Å². The molecule has 2 N–H and O–H groups in total. The number of nitrogens with two attached hydrogens (primary N) is 1. The molecule has 3 nitrogen and oxygen atoms in total. The number of esters is 1. The molecular formula is C18H29NO2. The molecule has 0 saturated heterocycles. The maximum absolute atomic E-state index is 12.2. The second-order valence-corrected chi connectivity index (χ2v) is 6.15. The highest BCUT2D eigenvalue weighted by Crippen LogP contribution is 2.25. The smallest absolute Gasteiger partial charge is 0.315 e. The minimum atomic E-state index is -0.629. The molecule has 3 heteroatoms. The summed E-state index contributed by atoms with van der Waals surface area (Å²) in [5.74, 6) is -0.166. The predicted octanol–water partition coefficient (Wildman–Crippen LogP) is 4.45. The third-order valence-corrected chi connectivity index (χ3v) is 3.87. The second-order valence-electron chi connectivity index (χ2n) is 6.15. The van der Waals surface area contributed by atoms with E-state index < -0.39 is 5.41 Å². The van der Waals surface area contributed by atoms with Gasteiger partial charge in [0.1, 0.15) is 0 Å². The highest BCUT2D eigenvalue weighted by atomic mass is 16.5. The summed E-state index contributed by atoms with van der Waals surface area (Å²) in [6.45, 7) is 6.51. The fraction of sp³-hybridized carbons (Fsp3) is 0.611. The molecule has 118 valence electrons. The number of hydrogen-bond acceptors (Lipinski definition) is 3. The van der Waals surface area contributed by atoms with Gasteiger partial charge in [-0.25, -0.2) is 0 Å². The number of carbonyl (C=O) groups is 1. The summed E-state index contributed by atoms with van der Waals surface area (Å²) >= 11 is 0. The molecule has 0 spiro atoms. The van der Waals surface area contributed by atoms with Crippen LogP contribution in [0.1, 0.15) is 64.9 Å². The lowest BCUT2D eigenvalue weighted by Gasteiger charge is -2.23. The van der Waals surface area contributed by atoms with E-state index in [1.807, 2.05) is 38.1 Å². The molecule has 21 heavy (non-hydrogen) atoms. The van der Waals surface area contributed by atoms with Crippen LogP contribution in [0.3, 0.4) is 0 Å². The Hall–Kier alpha value is -1.51. The summed E-state index contributed by atoms with van der Waals surface area (Å²) in [5.41, 5.74) is 6.69. The van der Waals surface area contributed by atoms with Crippen LogP contribution in [0.2, 0.25) is 0 Å². The van der Waals surface area contributed by atoms with E-state index in [9.17, 15) is 4.79 Å². The van der Waals surface area contributed by atoms with Crippen molar-refractivity contribution in [3.63, 3.8) is 0 Å². The number of unbranched alkanes of at least 4 members (excludes halogenated alkanes) is 5. The quantitative estimate of drug-likeness (QED) is 0.415. The molecule has 0 fully saturated rings. The van der Waals surface area contributed by atoms with Gasteiger partial charge in [-0.2, -0.15) is 0 Å². The van der Waals surface area contributed by atoms with Gasteiger partial charge in [0.25, 0.3) is 0 Å². The van der Waals surface area contributed by atoms with Crippen LogP contribution in [0.4, 0.5) is 5.69 Å². The van der Waals surface area contributed by atoms with Crippen LogP contribution >= 0.6 is 0 Å². The molecular weight excluding hydrogens is 262 g/mol. The Balaban J connectivity index is 2.35. The number of anilines is 1. The predicted molar refractivity (Wildman–Crippen MR) is 88.2 cm³/mol. The minimum Gasteiger partial charge on any atom is -0.465 e. The van der Waals surface area contributed by atoms with Crippen LogP contribution < -0.4 is 5.73 Å². The summed E-state index contributed by atoms with van der Waals surface area (Å²) in [5, 5.41) is 0. The lowest BCUT2D eigenvalue weighted by atomic mass is 9.85. The minimum absolute atomic E-state index is 0.166. The van der Waals surface area contributed by atoms with E-state index in [0.29, 0.717) is 12.3 Å². The van der Waals surface area contributed by atoms with E-state index in [1.54, 1.807) is 0 Å². The molecule has 0 radical (unpaired) electrons. The number of ether oxygens (including phenoxy) is 1. The Morgan fingerprint density at radius 2 is 1.62 bits per heavy atom. The molecule has 0 aromatic heterocycles. The summed E-state index contributed by atoms with van der Waals surface area (Å²) in [7, 11) is 0. The monoisotopic (exact) mass is 291 g/mol. The van der Waals surface area contributed by atoms with Crippen molar-refractivity contribution in [1.29, 1.82) is 0 Å². The SMILES string of the molecule is CCCCCCCCOC(=O)C(C)(C)c1ccc(N)cc1. The van der Waals surface area contributed by atoms with E-state index in [2.05, 4.69) is 6.92 Å². The molecule has 1 aromatic carbocycles. The molecule has 0 saturated carbocycles. The van der Waals surface area contributed by atoms with Crippen LogP contribution in [-0.4, -0.2) is 12.6 Å². The highest BCUT2D eigenvalue weighted by Gasteiger charge is 2.31. The van der Waals surface area contributed by atoms with Gasteiger partial charge < -0.3 is 10.5 Å². The Kier molecular flexibility index (Phi) is 7.27. The average molecular weight is 291 g/mol. The van der Waals surface area contributed by atoms with E-state index in [1.165, 1.54) is 25.7 Å². The van der Waals surface area contributed by atoms with Gasteiger partial charge in [0.05, 0.1) is 12.0 Å². The zero-order valence-corrected chi connectivity index (χ0v) is 13.7. The lowest BCUT2D eigenvalue weighted by molar-refractivity contribution is -0.149. The van der Waals surface area contributed by atoms with Gasteiger partial charge in [0.2, 0.25) is 0 Å². The first-order valence-corrected chi connectivity index (χ1v) is 8.01. The van der Waals surface area contributed by atoms with Crippen LogP contribution in [-0.2, 0) is 14.9 Å². The number of benzene rings is 1. The molecule has 0 aliphatic rings. The molecule has 1 rings (SSSR count). The van der Waals surface area contributed by atoms with Crippen molar-refractivity contribution in [3.05, 3.63) is 29.8 Å². The maximum Gasteiger partial charge on any atom is 0.315 e. The molecule has 1 aromatic rings. The molecule has 0 aliphatic carbocycles. The first kappa shape index (κ1) is 17.5. The van der Waals surface area contributed by atoms with E-state index in [4.69, 9.17) is 10.5 Å². The Labute approximate surface area is 128 Å². The fourth-order valence-corrected chi connectivity index (χ4v) is 2.25. The van der Waals surface area contributed by atoms with Gasteiger partial charge >= 0.3 is 5.97 Å². The molecule has 0 bridgehead atoms. The molecule has 0 aliphatic heterocycles. The summed E-state index contributed by atoms with van der Waals surface area (Å²) in [4.78, 5) is 12.2. The van der Waals surface area contributed by atoms with E-state index in [0.717, 1.165) is 18.4 Å². The van der Waals surface area contributed by atoms with Crippen molar-refractivity contribution in [3.8, 4) is 0 Å². The standard InChI is InChI=1S/C18H29NO2/c1-4-5-6-7-8-9-14-21-17(20)18(2,3)15-10-12-16(19)13-11-15/h10-13H,4-9,14,19H2,1-3H3. The molecule has 0 atom stereocenters. The first-order valence-electron chi connectivity index (χ1n) is 8.01. The van der Waals surface area contributed by atoms with Gasteiger partial charge in [-0.15, -0.1) is 0 Å². The second kappa shape index (κ2) is 8.71. The van der Waals surface area contributed by atoms with Crippen LogP contribution in [0.25, 0.3) is 0 Å². The number of hydrogen-bond donors (Lipinski definition) is 1. The van der Waals surface area contributed by atoms with Crippen LogP contribution in [0, 0.1) is 0 Å². The molecule has 0 heterocycles. The zero-order chi connectivity index (χ0) is 15.7. The van der Waals surface area contributed by atoms with Crippen LogP contribution in [0.5, 0.6) is 0 Å². The number of rotatable bonds is 9. The number of carbonyl (C=O) groups excluding carboxylic acids is 1. The first-order chi connectivity index (χ1) is 9.98. The third kappa shape index (κ3) is 5.78. The largest absolute Gasteiger partial charge is 0.465 e. The van der Waals surface area contributed by atoms with Crippen molar-refractivity contribution in [2.75, 3.05) is 12.3 Å². The normalized spacial score (nSPS) is 11.4. The number of nitrogen functional groups attached to an aromatic ring is 1. The Bertz CT molecular complexity index is 423. The Morgan fingerprint density at radius 1 is 1.05 bits per heavy atom. The summed E-state index contributed by atoms with van der Waals surface area (Å²) in [6, 6.07) is 7.42. The maximum atomic E-state index is 12.2. The van der Waals surface area contributed by atoms with Gasteiger partial charge in [-0.05, 0) is 38.0 Å². The van der Waals surface area contributed by atoms with Crippen molar-refractivity contribution in [2.45, 2.75) is 64.7 Å². The lowest BCUT2D eigenvalue weighted by Crippen LogP contribution is -2.31. The fourth-order valence-electron chi connectivity index (χ4n) is 2.25. The van der Waals surface area contributed by atoms with Gasteiger partial charge in [0.15, 0.2) is 0 Å². The van der Waals surface area contributed by atoms with E-state index >= 15 is 0 Å². The summed E-state index contributed by atoms with van der Waals surface area (Å²) < 4.78 is 5.43. The van der Waals surface area contributed by atoms with Crippen molar-refractivity contribution in [2.24, 2.45) is 0 Å².